The smallest absolute Gasteiger partial charge is 0.228 e. The summed E-state index contributed by atoms with van der Waals surface area (Å²) in [7, 11) is 1.46. The number of rotatable bonds is 4. The van der Waals surface area contributed by atoms with Crippen molar-refractivity contribution in [1.29, 1.82) is 0 Å². The molecule has 0 spiro atoms. The zero-order chi connectivity index (χ0) is 18.1. The molecule has 0 atom stereocenters. The van der Waals surface area contributed by atoms with Gasteiger partial charge in [-0.15, -0.1) is 0 Å². The van der Waals surface area contributed by atoms with E-state index in [9.17, 15) is 9.59 Å². The summed E-state index contributed by atoms with van der Waals surface area (Å²) in [4.78, 5) is 25.5. The number of para-hydroxylation sites is 2. The highest BCUT2D eigenvalue weighted by Crippen LogP contribution is 2.32. The molecule has 0 fully saturated rings. The Balaban J connectivity index is 1.79. The third-order valence-corrected chi connectivity index (χ3v) is 4.07. The van der Waals surface area contributed by atoms with Crippen LogP contribution in [0.15, 0.2) is 72.4 Å². The first-order valence-corrected chi connectivity index (χ1v) is 8.04. The van der Waals surface area contributed by atoms with Crippen LogP contribution in [0.25, 0.3) is 5.69 Å². The van der Waals surface area contributed by atoms with Crippen LogP contribution in [-0.4, -0.2) is 28.5 Å². The Kier molecular flexibility index (Phi) is 3.85. The molecule has 4 rings (SSSR count). The number of aromatic nitrogens is 2. The van der Waals surface area contributed by atoms with Gasteiger partial charge in [-0.2, -0.15) is 9.78 Å². The van der Waals surface area contributed by atoms with E-state index >= 15 is 0 Å². The molecule has 128 valence electrons. The summed E-state index contributed by atoms with van der Waals surface area (Å²) in [5, 5.41) is 7.31. The van der Waals surface area contributed by atoms with Gasteiger partial charge in [0.1, 0.15) is 11.3 Å². The van der Waals surface area contributed by atoms with Crippen molar-refractivity contribution < 1.29 is 14.3 Å². The predicted molar refractivity (Wildman–Crippen MR) is 96.9 cm³/mol. The van der Waals surface area contributed by atoms with Gasteiger partial charge in [0.05, 0.1) is 18.5 Å². The quantitative estimate of drug-likeness (QED) is 0.786. The third kappa shape index (κ3) is 2.57. The van der Waals surface area contributed by atoms with Gasteiger partial charge in [-0.25, -0.2) is 0 Å². The summed E-state index contributed by atoms with van der Waals surface area (Å²) in [6.07, 6.45) is 1.28. The van der Waals surface area contributed by atoms with Crippen molar-refractivity contribution in [3.8, 4) is 11.6 Å². The van der Waals surface area contributed by atoms with Crippen LogP contribution < -0.4 is 10.1 Å². The number of fused-ring (bicyclic) bond motifs is 1. The molecule has 0 aliphatic heterocycles. The number of nitrogens with one attached hydrogen (secondary N) is 1. The van der Waals surface area contributed by atoms with Crippen LogP contribution in [0.1, 0.15) is 20.8 Å². The number of carbonyl (C=O) groups is 2. The number of ketones is 2. The average Bonchev–Trinajstić information content (AvgIpc) is 3.08. The Hall–Kier alpha value is -3.67. The molecule has 1 aliphatic carbocycles. The van der Waals surface area contributed by atoms with E-state index < -0.39 is 0 Å². The van der Waals surface area contributed by atoms with Crippen molar-refractivity contribution in [2.45, 2.75) is 0 Å². The minimum atomic E-state index is -0.342. The molecule has 6 nitrogen and oxygen atoms in total. The molecule has 26 heavy (non-hydrogen) atoms. The molecule has 1 aliphatic rings. The number of benzene rings is 2. The Bertz CT molecular complexity index is 1020. The molecule has 0 radical (unpaired) electrons. The van der Waals surface area contributed by atoms with E-state index in [0.717, 1.165) is 5.69 Å². The number of ether oxygens (including phenoxy) is 1. The van der Waals surface area contributed by atoms with Gasteiger partial charge in [0.25, 0.3) is 0 Å². The van der Waals surface area contributed by atoms with Gasteiger partial charge in [-0.3, -0.25) is 9.59 Å². The Labute approximate surface area is 149 Å². The number of hydrogen-bond donors (Lipinski definition) is 1. The highest BCUT2D eigenvalue weighted by atomic mass is 16.5. The number of Topliss-reactive ketones (excluding diaryl/α,β-unsaturated/α-hetero) is 1. The van der Waals surface area contributed by atoms with Crippen molar-refractivity contribution in [2.75, 3.05) is 12.4 Å². The molecule has 0 amide bonds. The van der Waals surface area contributed by atoms with E-state index in [-0.39, 0.29) is 34.4 Å². The third-order valence-electron chi connectivity index (χ3n) is 4.07. The molecule has 1 heterocycles. The zero-order valence-electron chi connectivity index (χ0n) is 14.0. The second kappa shape index (κ2) is 6.33. The predicted octanol–water partition coefficient (Wildman–Crippen LogP) is 3.26. The minimum absolute atomic E-state index is 0.0920. The minimum Gasteiger partial charge on any atom is -0.480 e. The van der Waals surface area contributed by atoms with Gasteiger partial charge in [0.2, 0.25) is 17.4 Å². The number of nitrogens with zero attached hydrogens (tertiary/aromatic N) is 2. The molecule has 6 heteroatoms. The standard InChI is InChI=1S/C20H15N3O3/c1-26-20-17-18(22-23(20)14-10-6-3-7-11-14)16(24)12-15(19(17)25)21-13-8-4-2-5-9-13/h2-12,21H,1H3. The summed E-state index contributed by atoms with van der Waals surface area (Å²) in [5.74, 6) is -0.432. The average molecular weight is 345 g/mol. The second-order valence-corrected chi connectivity index (χ2v) is 5.72. The van der Waals surface area contributed by atoms with Crippen molar-refractivity contribution in [1.82, 2.24) is 9.78 Å². The number of hydrogen-bond acceptors (Lipinski definition) is 5. The molecule has 0 unspecified atom stereocenters. The van der Waals surface area contributed by atoms with Gasteiger partial charge < -0.3 is 10.1 Å². The molecular formula is C20H15N3O3. The molecular weight excluding hydrogens is 330 g/mol. The fourth-order valence-electron chi connectivity index (χ4n) is 2.88. The molecule has 0 saturated heterocycles. The van der Waals surface area contributed by atoms with Crippen molar-refractivity contribution in [2.24, 2.45) is 0 Å². The van der Waals surface area contributed by atoms with Crippen LogP contribution in [-0.2, 0) is 0 Å². The highest BCUT2D eigenvalue weighted by molar-refractivity contribution is 6.25. The van der Waals surface area contributed by atoms with E-state index in [1.54, 1.807) is 0 Å². The Morgan fingerprint density at radius 1 is 0.962 bits per heavy atom. The summed E-state index contributed by atoms with van der Waals surface area (Å²) in [6.45, 7) is 0. The van der Waals surface area contributed by atoms with Crippen molar-refractivity contribution >= 4 is 17.3 Å². The van der Waals surface area contributed by atoms with Gasteiger partial charge in [0.15, 0.2) is 0 Å². The SMILES string of the molecule is COc1c2c(nn1-c1ccccc1)C(=O)C=C(Nc1ccccc1)C2=O. The molecule has 1 aromatic heterocycles. The van der Waals surface area contributed by atoms with Gasteiger partial charge in [-0.05, 0) is 24.3 Å². The van der Waals surface area contributed by atoms with Crippen molar-refractivity contribution in [3.05, 3.63) is 83.7 Å². The molecule has 1 N–H and O–H groups in total. The topological polar surface area (TPSA) is 73.2 Å². The first-order chi connectivity index (χ1) is 12.7. The first-order valence-electron chi connectivity index (χ1n) is 8.04. The fourth-order valence-corrected chi connectivity index (χ4v) is 2.88. The lowest BCUT2D eigenvalue weighted by Crippen LogP contribution is -2.21. The summed E-state index contributed by atoms with van der Waals surface area (Å²) in [6, 6.07) is 18.4. The molecule has 3 aromatic rings. The van der Waals surface area contributed by atoms with E-state index in [2.05, 4.69) is 10.4 Å². The van der Waals surface area contributed by atoms with Crippen LogP contribution >= 0.6 is 0 Å². The Morgan fingerprint density at radius 3 is 2.27 bits per heavy atom. The number of allylic oxidation sites excluding steroid dienone is 2. The van der Waals surface area contributed by atoms with Crippen LogP contribution in [0.2, 0.25) is 0 Å². The van der Waals surface area contributed by atoms with E-state index in [1.165, 1.54) is 17.9 Å². The maximum atomic E-state index is 13.0. The monoisotopic (exact) mass is 345 g/mol. The summed E-state index contributed by atoms with van der Waals surface area (Å²) in [5.41, 5.74) is 1.88. The molecule has 2 aromatic carbocycles. The second-order valence-electron chi connectivity index (χ2n) is 5.72. The Morgan fingerprint density at radius 2 is 1.62 bits per heavy atom. The van der Waals surface area contributed by atoms with E-state index in [1.807, 2.05) is 60.7 Å². The number of carbonyl (C=O) groups excluding carboxylic acids is 2. The number of anilines is 1. The lowest BCUT2D eigenvalue weighted by atomic mass is 9.98. The van der Waals surface area contributed by atoms with E-state index in [4.69, 9.17) is 4.74 Å². The lowest BCUT2D eigenvalue weighted by molar-refractivity contribution is 0.0981. The van der Waals surface area contributed by atoms with E-state index in [0.29, 0.717) is 5.69 Å². The highest BCUT2D eigenvalue weighted by Gasteiger charge is 2.34. The summed E-state index contributed by atoms with van der Waals surface area (Å²) >= 11 is 0. The molecule has 0 bridgehead atoms. The molecule has 0 saturated carbocycles. The maximum absolute atomic E-state index is 13.0. The van der Waals surface area contributed by atoms with Gasteiger partial charge in [0, 0.05) is 11.8 Å². The zero-order valence-corrected chi connectivity index (χ0v) is 14.0. The summed E-state index contributed by atoms with van der Waals surface area (Å²) < 4.78 is 6.90. The van der Waals surface area contributed by atoms with Crippen LogP contribution in [0.5, 0.6) is 5.88 Å². The fraction of sp³-hybridized carbons (Fsp3) is 0.0500. The van der Waals surface area contributed by atoms with Gasteiger partial charge >= 0.3 is 0 Å². The first kappa shape index (κ1) is 15.8. The number of methoxy groups -OCH3 is 1. The maximum Gasteiger partial charge on any atom is 0.228 e. The van der Waals surface area contributed by atoms with Crippen LogP contribution in [0.3, 0.4) is 0 Å². The van der Waals surface area contributed by atoms with Crippen molar-refractivity contribution in [3.63, 3.8) is 0 Å². The largest absolute Gasteiger partial charge is 0.480 e. The van der Waals surface area contributed by atoms with Crippen LogP contribution in [0.4, 0.5) is 5.69 Å². The van der Waals surface area contributed by atoms with Gasteiger partial charge in [-0.1, -0.05) is 36.4 Å². The van der Waals surface area contributed by atoms with Crippen LogP contribution in [0, 0.1) is 0 Å². The normalized spacial score (nSPS) is 13.2. The lowest BCUT2D eigenvalue weighted by Gasteiger charge is -2.14.